The largest absolute Gasteiger partial charge is 0.389 e. The molecule has 98 valence electrons. The molecule has 1 fully saturated rings. The van der Waals surface area contributed by atoms with E-state index in [1.54, 1.807) is 0 Å². The predicted octanol–water partition coefficient (Wildman–Crippen LogP) is 3.26. The van der Waals surface area contributed by atoms with Gasteiger partial charge < -0.3 is 10.6 Å². The van der Waals surface area contributed by atoms with Gasteiger partial charge in [0.25, 0.3) is 0 Å². The summed E-state index contributed by atoms with van der Waals surface area (Å²) in [5.74, 6) is 0.841. The molecule has 1 aliphatic heterocycles. The molecule has 2 nitrogen and oxygen atoms in total. The molecule has 1 aromatic rings. The van der Waals surface area contributed by atoms with E-state index >= 15 is 0 Å². The second-order valence-corrected chi connectivity index (χ2v) is 5.67. The van der Waals surface area contributed by atoms with Crippen LogP contribution < -0.4 is 10.6 Å². The molecular weight excluding hydrogens is 240 g/mol. The smallest absolute Gasteiger partial charge is 0.103 e. The highest BCUT2D eigenvalue weighted by Gasteiger charge is 2.19. The van der Waals surface area contributed by atoms with E-state index in [2.05, 4.69) is 30.9 Å². The molecule has 1 aromatic carbocycles. The van der Waals surface area contributed by atoms with E-state index in [0.29, 0.717) is 4.99 Å². The van der Waals surface area contributed by atoms with Gasteiger partial charge in [-0.1, -0.05) is 25.6 Å². The zero-order valence-corrected chi connectivity index (χ0v) is 12.1. The molecule has 3 heteroatoms. The Morgan fingerprint density at radius 1 is 1.50 bits per heavy atom. The average Bonchev–Trinajstić information content (AvgIpc) is 2.38. The van der Waals surface area contributed by atoms with Crippen molar-refractivity contribution in [1.29, 1.82) is 0 Å². The Morgan fingerprint density at radius 3 is 2.89 bits per heavy atom. The number of rotatable bonds is 3. The number of nitrogens with two attached hydrogens (primary N) is 1. The number of hydrogen-bond acceptors (Lipinski definition) is 2. The summed E-state index contributed by atoms with van der Waals surface area (Å²) in [6.45, 7) is 6.79. The predicted molar refractivity (Wildman–Crippen MR) is 82.3 cm³/mol. The summed E-state index contributed by atoms with van der Waals surface area (Å²) in [6.07, 6.45) is 3.95. The van der Waals surface area contributed by atoms with E-state index in [1.165, 1.54) is 43.6 Å². The number of thiocarbonyl (C=S) groups is 1. The highest BCUT2D eigenvalue weighted by atomic mass is 32.1. The minimum atomic E-state index is 0.481. The van der Waals surface area contributed by atoms with E-state index in [4.69, 9.17) is 18.0 Å². The summed E-state index contributed by atoms with van der Waals surface area (Å²) < 4.78 is 0. The lowest BCUT2D eigenvalue weighted by Gasteiger charge is -2.35. The summed E-state index contributed by atoms with van der Waals surface area (Å²) in [5, 5.41) is 0. The Morgan fingerprint density at radius 2 is 2.28 bits per heavy atom. The topological polar surface area (TPSA) is 29.3 Å². The van der Waals surface area contributed by atoms with Gasteiger partial charge >= 0.3 is 0 Å². The quantitative estimate of drug-likeness (QED) is 0.848. The van der Waals surface area contributed by atoms with Crippen LogP contribution in [0.3, 0.4) is 0 Å². The van der Waals surface area contributed by atoms with Crippen molar-refractivity contribution in [2.45, 2.75) is 33.1 Å². The molecule has 0 spiro atoms. The molecule has 1 unspecified atom stereocenters. The summed E-state index contributed by atoms with van der Waals surface area (Å²) in [7, 11) is 0. The molecule has 1 heterocycles. The normalized spacial score (nSPS) is 19.9. The van der Waals surface area contributed by atoms with Gasteiger partial charge in [0.2, 0.25) is 0 Å². The van der Waals surface area contributed by atoms with Crippen LogP contribution in [-0.4, -0.2) is 18.1 Å². The summed E-state index contributed by atoms with van der Waals surface area (Å²) in [4.78, 5) is 2.99. The molecule has 1 saturated heterocycles. The van der Waals surface area contributed by atoms with Gasteiger partial charge in [0.05, 0.1) is 0 Å². The molecule has 1 aliphatic rings. The number of hydrogen-bond donors (Lipinski definition) is 1. The van der Waals surface area contributed by atoms with Crippen molar-refractivity contribution in [2.75, 3.05) is 18.0 Å². The summed E-state index contributed by atoms with van der Waals surface area (Å²) in [5.41, 5.74) is 9.26. The van der Waals surface area contributed by atoms with Gasteiger partial charge in [-0.15, -0.1) is 0 Å². The maximum Gasteiger partial charge on any atom is 0.103 e. The second kappa shape index (κ2) is 5.70. The van der Waals surface area contributed by atoms with Gasteiger partial charge in [-0.2, -0.15) is 0 Å². The van der Waals surface area contributed by atoms with Gasteiger partial charge in [0, 0.05) is 24.3 Å². The van der Waals surface area contributed by atoms with E-state index in [1.807, 2.05) is 6.07 Å². The van der Waals surface area contributed by atoms with E-state index in [0.717, 1.165) is 11.5 Å². The minimum Gasteiger partial charge on any atom is -0.389 e. The molecule has 0 radical (unpaired) electrons. The van der Waals surface area contributed by atoms with Crippen molar-refractivity contribution in [2.24, 2.45) is 11.7 Å². The van der Waals surface area contributed by atoms with Crippen LogP contribution in [0.15, 0.2) is 18.2 Å². The van der Waals surface area contributed by atoms with Gasteiger partial charge in [-0.25, -0.2) is 0 Å². The van der Waals surface area contributed by atoms with Gasteiger partial charge in [-0.05, 0) is 49.4 Å². The zero-order chi connectivity index (χ0) is 13.1. The maximum atomic E-state index is 5.67. The molecule has 0 bridgehead atoms. The third kappa shape index (κ3) is 2.83. The highest BCUT2D eigenvalue weighted by Crippen LogP contribution is 2.27. The van der Waals surface area contributed by atoms with Crippen LogP contribution in [0.2, 0.25) is 0 Å². The lowest BCUT2D eigenvalue weighted by molar-refractivity contribution is 0.404. The summed E-state index contributed by atoms with van der Waals surface area (Å²) in [6, 6.07) is 6.31. The molecular formula is C15H22N2S. The lowest BCUT2D eigenvalue weighted by Crippen LogP contribution is -2.35. The monoisotopic (exact) mass is 262 g/mol. The number of anilines is 1. The van der Waals surface area contributed by atoms with Gasteiger partial charge in [-0.3, -0.25) is 0 Å². The first kappa shape index (κ1) is 13.3. The first-order valence-corrected chi connectivity index (χ1v) is 7.18. The number of aryl methyl sites for hydroxylation is 1. The van der Waals surface area contributed by atoms with Crippen LogP contribution in [0.5, 0.6) is 0 Å². The lowest BCUT2D eigenvalue weighted by atomic mass is 9.94. The standard InChI is InChI=1S/C15H22N2S/c1-3-12-5-4-8-17(10-12)14-7-6-13(15(16)18)9-11(14)2/h6-7,9,12H,3-5,8,10H2,1-2H3,(H2,16,18). The van der Waals surface area contributed by atoms with E-state index < -0.39 is 0 Å². The molecule has 2 rings (SSSR count). The van der Waals surface area contributed by atoms with Crippen molar-refractivity contribution in [3.63, 3.8) is 0 Å². The van der Waals surface area contributed by atoms with Crippen LogP contribution in [0.1, 0.15) is 37.3 Å². The zero-order valence-electron chi connectivity index (χ0n) is 11.3. The van der Waals surface area contributed by atoms with E-state index in [9.17, 15) is 0 Å². The number of benzene rings is 1. The van der Waals surface area contributed by atoms with Crippen molar-refractivity contribution in [1.82, 2.24) is 0 Å². The number of piperidine rings is 1. The first-order valence-electron chi connectivity index (χ1n) is 6.77. The van der Waals surface area contributed by atoms with Crippen LogP contribution in [0.4, 0.5) is 5.69 Å². The average molecular weight is 262 g/mol. The Bertz CT molecular complexity index is 442. The highest BCUT2D eigenvalue weighted by molar-refractivity contribution is 7.80. The molecule has 2 N–H and O–H groups in total. The van der Waals surface area contributed by atoms with Crippen molar-refractivity contribution >= 4 is 22.9 Å². The molecule has 1 atom stereocenters. The first-order chi connectivity index (χ1) is 8.61. The minimum absolute atomic E-state index is 0.481. The third-order valence-electron chi connectivity index (χ3n) is 3.92. The van der Waals surface area contributed by atoms with Crippen molar-refractivity contribution in [3.8, 4) is 0 Å². The second-order valence-electron chi connectivity index (χ2n) is 5.23. The van der Waals surface area contributed by atoms with Crippen LogP contribution in [-0.2, 0) is 0 Å². The Hall–Kier alpha value is -1.09. The van der Waals surface area contributed by atoms with Gasteiger partial charge in [0.15, 0.2) is 0 Å². The number of nitrogens with zero attached hydrogens (tertiary/aromatic N) is 1. The fourth-order valence-electron chi connectivity index (χ4n) is 2.78. The Balaban J connectivity index is 2.20. The maximum absolute atomic E-state index is 5.67. The van der Waals surface area contributed by atoms with Crippen molar-refractivity contribution < 1.29 is 0 Å². The SMILES string of the molecule is CCC1CCCN(c2ccc(C(N)=S)cc2C)C1. The van der Waals surface area contributed by atoms with Crippen molar-refractivity contribution in [3.05, 3.63) is 29.3 Å². The summed E-state index contributed by atoms with van der Waals surface area (Å²) >= 11 is 5.02. The van der Waals surface area contributed by atoms with Crippen LogP contribution in [0, 0.1) is 12.8 Å². The molecule has 0 aromatic heterocycles. The molecule has 18 heavy (non-hydrogen) atoms. The van der Waals surface area contributed by atoms with Crippen LogP contribution >= 0.6 is 12.2 Å². The third-order valence-corrected chi connectivity index (χ3v) is 4.15. The molecule has 0 aliphatic carbocycles. The molecule has 0 amide bonds. The van der Waals surface area contributed by atoms with Gasteiger partial charge in [0.1, 0.15) is 4.99 Å². The fraction of sp³-hybridized carbons (Fsp3) is 0.533. The fourth-order valence-corrected chi connectivity index (χ4v) is 2.91. The Labute approximate surface area is 115 Å². The van der Waals surface area contributed by atoms with E-state index in [-0.39, 0.29) is 0 Å². The Kier molecular flexibility index (Phi) is 4.23. The van der Waals surface area contributed by atoms with Crippen LogP contribution in [0.25, 0.3) is 0 Å². The molecule has 0 saturated carbocycles.